The summed E-state index contributed by atoms with van der Waals surface area (Å²) in [5.74, 6) is 0.664. The van der Waals surface area contributed by atoms with Crippen molar-refractivity contribution in [3.63, 3.8) is 0 Å². The zero-order valence-corrected chi connectivity index (χ0v) is 17.8. The van der Waals surface area contributed by atoms with E-state index in [1.54, 1.807) is 0 Å². The van der Waals surface area contributed by atoms with Gasteiger partial charge in [-0.2, -0.15) is 0 Å². The van der Waals surface area contributed by atoms with Crippen LogP contribution in [0.2, 0.25) is 0 Å². The van der Waals surface area contributed by atoms with Crippen molar-refractivity contribution in [2.45, 2.75) is 64.3 Å². The van der Waals surface area contributed by atoms with Crippen LogP contribution in [-0.2, 0) is 0 Å². The maximum atomic E-state index is 4.99. The standard InChI is InChI=1S/C24H29N3S/c1-16-7-9-21(17(2)25-16)18-8-10-22-23(15-18)28-24(26-22)19-13-20(14-19)27-11-5-3-4-6-12-27/h7-10,15,19-20H,3-6,11-14H2,1-2H3. The first kappa shape index (κ1) is 18.3. The minimum absolute atomic E-state index is 0.664. The van der Waals surface area contributed by atoms with Gasteiger partial charge in [-0.05, 0) is 76.4 Å². The molecule has 0 N–H and O–H groups in total. The van der Waals surface area contributed by atoms with Crippen LogP contribution in [0, 0.1) is 13.8 Å². The average Bonchev–Trinajstić information content (AvgIpc) is 2.86. The SMILES string of the molecule is Cc1ccc(-c2ccc3nc(C4CC(N5CCCCCC5)C4)sc3c2)c(C)n1. The molecule has 0 amide bonds. The van der Waals surface area contributed by atoms with Gasteiger partial charge in [0.05, 0.1) is 15.2 Å². The van der Waals surface area contributed by atoms with Gasteiger partial charge in [0, 0.05) is 28.9 Å². The quantitative estimate of drug-likeness (QED) is 0.540. The second kappa shape index (κ2) is 7.57. The van der Waals surface area contributed by atoms with Gasteiger partial charge < -0.3 is 4.90 Å². The number of hydrogen-bond donors (Lipinski definition) is 0. The Morgan fingerprint density at radius 3 is 2.46 bits per heavy atom. The van der Waals surface area contributed by atoms with Crippen molar-refractivity contribution in [3.8, 4) is 11.1 Å². The molecule has 146 valence electrons. The molecule has 2 aromatic heterocycles. The third kappa shape index (κ3) is 3.48. The number of aryl methyl sites for hydroxylation is 2. The van der Waals surface area contributed by atoms with Gasteiger partial charge in [-0.15, -0.1) is 11.3 Å². The van der Waals surface area contributed by atoms with Crippen LogP contribution >= 0.6 is 11.3 Å². The van der Waals surface area contributed by atoms with Gasteiger partial charge >= 0.3 is 0 Å². The van der Waals surface area contributed by atoms with E-state index in [-0.39, 0.29) is 0 Å². The van der Waals surface area contributed by atoms with E-state index < -0.39 is 0 Å². The molecule has 2 aliphatic rings. The molecule has 3 aromatic rings. The van der Waals surface area contributed by atoms with E-state index in [0.717, 1.165) is 22.9 Å². The normalized spacial score (nSPS) is 23.5. The minimum Gasteiger partial charge on any atom is -0.300 e. The Kier molecular flexibility index (Phi) is 4.93. The van der Waals surface area contributed by atoms with Crippen molar-refractivity contribution in [2.24, 2.45) is 0 Å². The third-order valence-corrected chi connectivity index (χ3v) is 7.74. The highest BCUT2D eigenvalue weighted by Gasteiger charge is 2.36. The summed E-state index contributed by atoms with van der Waals surface area (Å²) >= 11 is 1.90. The van der Waals surface area contributed by atoms with E-state index in [1.165, 1.54) is 72.4 Å². The summed E-state index contributed by atoms with van der Waals surface area (Å²) in [6.07, 6.45) is 8.21. The van der Waals surface area contributed by atoms with Crippen LogP contribution in [0.15, 0.2) is 30.3 Å². The molecule has 3 heterocycles. The van der Waals surface area contributed by atoms with Crippen LogP contribution in [0.3, 0.4) is 0 Å². The summed E-state index contributed by atoms with van der Waals surface area (Å²) in [7, 11) is 0. The minimum atomic E-state index is 0.664. The summed E-state index contributed by atoms with van der Waals surface area (Å²) in [5, 5.41) is 1.34. The molecular weight excluding hydrogens is 362 g/mol. The molecule has 0 unspecified atom stereocenters. The summed E-state index contributed by atoms with van der Waals surface area (Å²) < 4.78 is 1.31. The van der Waals surface area contributed by atoms with Gasteiger partial charge in [0.2, 0.25) is 0 Å². The molecule has 1 aromatic carbocycles. The highest BCUT2D eigenvalue weighted by molar-refractivity contribution is 7.18. The highest BCUT2D eigenvalue weighted by Crippen LogP contribution is 2.43. The Hall–Kier alpha value is -1.78. The van der Waals surface area contributed by atoms with Crippen molar-refractivity contribution in [2.75, 3.05) is 13.1 Å². The number of benzene rings is 1. The number of fused-ring (bicyclic) bond motifs is 1. The summed E-state index contributed by atoms with van der Waals surface area (Å²) in [6, 6.07) is 11.8. The number of likely N-dealkylation sites (tertiary alicyclic amines) is 1. The van der Waals surface area contributed by atoms with Crippen LogP contribution in [0.1, 0.15) is 60.8 Å². The zero-order chi connectivity index (χ0) is 19.1. The van der Waals surface area contributed by atoms with Crippen LogP contribution in [-0.4, -0.2) is 34.0 Å². The van der Waals surface area contributed by atoms with Crippen LogP contribution in [0.4, 0.5) is 0 Å². The van der Waals surface area contributed by atoms with E-state index in [1.807, 2.05) is 18.3 Å². The first-order chi connectivity index (χ1) is 13.7. The lowest BCUT2D eigenvalue weighted by Gasteiger charge is -2.42. The average molecular weight is 392 g/mol. The topological polar surface area (TPSA) is 29.0 Å². The molecule has 28 heavy (non-hydrogen) atoms. The van der Waals surface area contributed by atoms with E-state index in [2.05, 4.69) is 47.1 Å². The molecule has 1 saturated heterocycles. The van der Waals surface area contributed by atoms with Gasteiger partial charge in [0.15, 0.2) is 0 Å². The van der Waals surface area contributed by atoms with Gasteiger partial charge in [-0.3, -0.25) is 4.98 Å². The molecule has 1 saturated carbocycles. The lowest BCUT2D eigenvalue weighted by atomic mass is 9.79. The first-order valence-corrected chi connectivity index (χ1v) is 11.6. The lowest BCUT2D eigenvalue weighted by molar-refractivity contribution is 0.113. The second-order valence-corrected chi connectivity index (χ2v) is 9.65. The summed E-state index contributed by atoms with van der Waals surface area (Å²) in [6.45, 7) is 6.77. The molecule has 0 bridgehead atoms. The van der Waals surface area contributed by atoms with E-state index in [4.69, 9.17) is 4.98 Å². The molecular formula is C24H29N3S. The molecule has 5 rings (SSSR count). The lowest BCUT2D eigenvalue weighted by Crippen LogP contribution is -2.44. The third-order valence-electron chi connectivity index (χ3n) is 6.56. The van der Waals surface area contributed by atoms with Gasteiger partial charge in [0.1, 0.15) is 0 Å². The first-order valence-electron chi connectivity index (χ1n) is 10.8. The Morgan fingerprint density at radius 1 is 0.929 bits per heavy atom. The molecule has 2 fully saturated rings. The smallest absolute Gasteiger partial charge is 0.0970 e. The molecule has 1 aliphatic heterocycles. The predicted octanol–water partition coefficient (Wildman–Crippen LogP) is 6.10. The van der Waals surface area contributed by atoms with Crippen molar-refractivity contribution in [3.05, 3.63) is 46.7 Å². The fourth-order valence-electron chi connectivity index (χ4n) is 4.82. The molecule has 4 heteroatoms. The van der Waals surface area contributed by atoms with Gasteiger partial charge in [0.25, 0.3) is 0 Å². The van der Waals surface area contributed by atoms with Crippen molar-refractivity contribution >= 4 is 21.6 Å². The second-order valence-electron chi connectivity index (χ2n) is 8.59. The van der Waals surface area contributed by atoms with Crippen molar-refractivity contribution < 1.29 is 0 Å². The fraction of sp³-hybridized carbons (Fsp3) is 0.500. The van der Waals surface area contributed by atoms with Crippen LogP contribution in [0.5, 0.6) is 0 Å². The molecule has 3 nitrogen and oxygen atoms in total. The largest absolute Gasteiger partial charge is 0.300 e. The Morgan fingerprint density at radius 2 is 1.71 bits per heavy atom. The highest BCUT2D eigenvalue weighted by atomic mass is 32.1. The number of nitrogens with zero attached hydrogens (tertiary/aromatic N) is 3. The zero-order valence-electron chi connectivity index (χ0n) is 16.9. The van der Waals surface area contributed by atoms with Crippen LogP contribution < -0.4 is 0 Å². The number of rotatable bonds is 3. The number of pyridine rings is 1. The maximum Gasteiger partial charge on any atom is 0.0970 e. The Balaban J connectivity index is 1.33. The maximum absolute atomic E-state index is 4.99. The number of thiazole rings is 1. The van der Waals surface area contributed by atoms with E-state index >= 15 is 0 Å². The molecule has 0 radical (unpaired) electrons. The Bertz CT molecular complexity index is 979. The number of aromatic nitrogens is 2. The fourth-order valence-corrected chi connectivity index (χ4v) is 5.96. The summed E-state index contributed by atoms with van der Waals surface area (Å²) in [4.78, 5) is 12.4. The summed E-state index contributed by atoms with van der Waals surface area (Å²) in [5.41, 5.74) is 5.81. The van der Waals surface area contributed by atoms with E-state index in [0.29, 0.717) is 5.92 Å². The predicted molar refractivity (Wildman–Crippen MR) is 118 cm³/mol. The Labute approximate surface area is 171 Å². The van der Waals surface area contributed by atoms with Gasteiger partial charge in [-0.1, -0.05) is 25.0 Å². The van der Waals surface area contributed by atoms with Crippen molar-refractivity contribution in [1.29, 1.82) is 0 Å². The molecule has 1 aliphatic carbocycles. The molecule has 0 spiro atoms. The van der Waals surface area contributed by atoms with Gasteiger partial charge in [-0.25, -0.2) is 4.98 Å². The van der Waals surface area contributed by atoms with E-state index in [9.17, 15) is 0 Å². The molecule has 0 atom stereocenters. The van der Waals surface area contributed by atoms with Crippen LogP contribution in [0.25, 0.3) is 21.3 Å². The number of hydrogen-bond acceptors (Lipinski definition) is 4. The van der Waals surface area contributed by atoms with Crippen molar-refractivity contribution in [1.82, 2.24) is 14.9 Å². The monoisotopic (exact) mass is 391 g/mol.